The Kier molecular flexibility index (Phi) is 5.28. The molecule has 1 amide bonds. The number of ether oxygens (including phenoxy) is 1. The maximum absolute atomic E-state index is 13.2. The summed E-state index contributed by atoms with van der Waals surface area (Å²) < 4.78 is 5.70. The van der Waals surface area contributed by atoms with Crippen LogP contribution in [0, 0.1) is 6.92 Å². The predicted molar refractivity (Wildman–Crippen MR) is 124 cm³/mol. The highest BCUT2D eigenvalue weighted by Gasteiger charge is 2.35. The van der Waals surface area contributed by atoms with Crippen LogP contribution in [0.2, 0.25) is 5.02 Å². The van der Waals surface area contributed by atoms with Crippen molar-refractivity contribution >= 4 is 41.4 Å². The first kappa shape index (κ1) is 20.2. The van der Waals surface area contributed by atoms with Gasteiger partial charge in [0.05, 0.1) is 5.38 Å². The van der Waals surface area contributed by atoms with E-state index >= 15 is 0 Å². The second kappa shape index (κ2) is 8.10. The highest BCUT2D eigenvalue weighted by Crippen LogP contribution is 2.34. The summed E-state index contributed by atoms with van der Waals surface area (Å²) >= 11 is 12.4. The summed E-state index contributed by atoms with van der Waals surface area (Å²) in [6, 6.07) is 14.9. The molecule has 2 unspecified atom stereocenters. The Labute approximate surface area is 190 Å². The van der Waals surface area contributed by atoms with Crippen molar-refractivity contribution in [3.05, 3.63) is 86.5 Å². The van der Waals surface area contributed by atoms with Gasteiger partial charge in [-0.05, 0) is 55.2 Å². The number of carbonyl (C=O) groups excluding carboxylic acids is 1. The second-order valence-corrected chi connectivity index (χ2v) is 9.04. The van der Waals surface area contributed by atoms with Gasteiger partial charge < -0.3 is 9.72 Å². The molecule has 0 radical (unpaired) electrons. The predicted octanol–water partition coefficient (Wildman–Crippen LogP) is 4.70. The number of halogens is 2. The van der Waals surface area contributed by atoms with E-state index in [1.165, 1.54) is 16.3 Å². The molecule has 5 rings (SSSR count). The molecule has 0 spiro atoms. The number of hydrogen-bond donors (Lipinski definition) is 1. The number of aromatic amines is 1. The molecule has 1 aliphatic carbocycles. The van der Waals surface area contributed by atoms with Crippen LogP contribution in [0.15, 0.2) is 48.5 Å². The molecule has 0 bridgehead atoms. The van der Waals surface area contributed by atoms with Gasteiger partial charge in [-0.1, -0.05) is 53.6 Å². The van der Waals surface area contributed by atoms with E-state index < -0.39 is 0 Å². The van der Waals surface area contributed by atoms with Gasteiger partial charge in [-0.15, -0.1) is 11.6 Å². The Balaban J connectivity index is 1.57. The lowest BCUT2D eigenvalue weighted by atomic mass is 9.92. The molecule has 2 aromatic carbocycles. The average molecular weight is 453 g/mol. The van der Waals surface area contributed by atoms with Crippen molar-refractivity contribution in [2.24, 2.45) is 0 Å². The SMILES string of the molecule is Cc1ccc(C2c3[nH]c4c(c3CCN2C(=O)Oc2ccc(Cl)cc2)=CC(Cl)CC=4)cc1. The summed E-state index contributed by atoms with van der Waals surface area (Å²) in [5, 5.41) is 2.86. The van der Waals surface area contributed by atoms with Gasteiger partial charge in [0.1, 0.15) is 11.8 Å². The van der Waals surface area contributed by atoms with Gasteiger partial charge in [0.15, 0.2) is 0 Å². The van der Waals surface area contributed by atoms with Crippen LogP contribution in [0.5, 0.6) is 5.75 Å². The zero-order chi connectivity index (χ0) is 21.5. The van der Waals surface area contributed by atoms with Crippen molar-refractivity contribution < 1.29 is 9.53 Å². The molecule has 2 atom stereocenters. The van der Waals surface area contributed by atoms with Crippen LogP contribution in [0.25, 0.3) is 12.2 Å². The first-order chi connectivity index (χ1) is 15.0. The molecule has 0 fully saturated rings. The van der Waals surface area contributed by atoms with Crippen molar-refractivity contribution in [1.29, 1.82) is 0 Å². The van der Waals surface area contributed by atoms with E-state index in [4.69, 9.17) is 27.9 Å². The quantitative estimate of drug-likeness (QED) is 0.572. The molecule has 3 aromatic rings. The minimum absolute atomic E-state index is 0.00174. The third-order valence-electron chi connectivity index (χ3n) is 5.94. The van der Waals surface area contributed by atoms with Crippen molar-refractivity contribution in [1.82, 2.24) is 9.88 Å². The summed E-state index contributed by atoms with van der Waals surface area (Å²) in [6.45, 7) is 2.61. The number of benzene rings is 2. The van der Waals surface area contributed by atoms with Crippen molar-refractivity contribution in [2.45, 2.75) is 31.2 Å². The average Bonchev–Trinajstić information content (AvgIpc) is 3.13. The van der Waals surface area contributed by atoms with E-state index in [9.17, 15) is 4.79 Å². The molecule has 4 nitrogen and oxygen atoms in total. The van der Waals surface area contributed by atoms with Gasteiger partial charge >= 0.3 is 6.09 Å². The zero-order valence-corrected chi connectivity index (χ0v) is 18.6. The van der Waals surface area contributed by atoms with Crippen molar-refractivity contribution in [3.63, 3.8) is 0 Å². The lowest BCUT2D eigenvalue weighted by molar-refractivity contribution is 0.135. The second-order valence-electron chi connectivity index (χ2n) is 8.05. The normalized spacial score (nSPS) is 19.6. The largest absolute Gasteiger partial charge is 0.416 e. The van der Waals surface area contributed by atoms with E-state index in [0.717, 1.165) is 29.4 Å². The topological polar surface area (TPSA) is 45.3 Å². The fourth-order valence-corrected chi connectivity index (χ4v) is 4.74. The highest BCUT2D eigenvalue weighted by atomic mass is 35.5. The van der Waals surface area contributed by atoms with E-state index in [0.29, 0.717) is 17.3 Å². The molecule has 6 heteroatoms. The number of hydrogen-bond acceptors (Lipinski definition) is 2. The fraction of sp³-hybridized carbons (Fsp3) is 0.240. The number of fused-ring (bicyclic) bond motifs is 3. The van der Waals surface area contributed by atoms with Crippen LogP contribution < -0.4 is 15.3 Å². The summed E-state index contributed by atoms with van der Waals surface area (Å²) in [7, 11) is 0. The van der Waals surface area contributed by atoms with Crippen LogP contribution >= 0.6 is 23.2 Å². The van der Waals surface area contributed by atoms with E-state index in [2.05, 4.69) is 48.3 Å². The van der Waals surface area contributed by atoms with Crippen LogP contribution in [0.1, 0.15) is 34.8 Å². The van der Waals surface area contributed by atoms with Gasteiger partial charge in [-0.25, -0.2) is 4.79 Å². The molecule has 0 saturated heterocycles. The highest BCUT2D eigenvalue weighted by molar-refractivity contribution is 6.30. The molecular formula is C25H22Cl2N2O2. The van der Waals surface area contributed by atoms with E-state index in [-0.39, 0.29) is 17.5 Å². The van der Waals surface area contributed by atoms with Gasteiger partial charge in [0, 0.05) is 27.8 Å². The number of nitrogens with one attached hydrogen (secondary N) is 1. The molecule has 2 heterocycles. The minimum Gasteiger partial charge on any atom is -0.410 e. The van der Waals surface area contributed by atoms with E-state index in [1.54, 1.807) is 29.2 Å². The maximum atomic E-state index is 13.2. The zero-order valence-electron chi connectivity index (χ0n) is 17.1. The lowest BCUT2D eigenvalue weighted by Crippen LogP contribution is -2.43. The number of aromatic nitrogens is 1. The first-order valence-corrected chi connectivity index (χ1v) is 11.2. The molecule has 31 heavy (non-hydrogen) atoms. The number of alkyl halides is 1. The Morgan fingerprint density at radius 1 is 1.13 bits per heavy atom. The number of aryl methyl sites for hydroxylation is 1. The number of H-pyrrole nitrogens is 1. The van der Waals surface area contributed by atoms with Crippen molar-refractivity contribution in [3.8, 4) is 5.75 Å². The molecule has 2 aliphatic rings. The minimum atomic E-state index is -0.380. The number of rotatable bonds is 2. The smallest absolute Gasteiger partial charge is 0.410 e. The van der Waals surface area contributed by atoms with Gasteiger partial charge in [-0.3, -0.25) is 4.90 Å². The Bertz CT molecular complexity index is 1250. The number of carbonyl (C=O) groups is 1. The Morgan fingerprint density at radius 2 is 1.87 bits per heavy atom. The third kappa shape index (κ3) is 3.86. The maximum Gasteiger partial charge on any atom is 0.416 e. The summed E-state index contributed by atoms with van der Waals surface area (Å²) in [6.07, 6.45) is 5.43. The molecule has 1 aromatic heterocycles. The van der Waals surface area contributed by atoms with Crippen LogP contribution in [-0.4, -0.2) is 27.9 Å². The van der Waals surface area contributed by atoms with Gasteiger partial charge in [0.25, 0.3) is 0 Å². The summed E-state index contributed by atoms with van der Waals surface area (Å²) in [4.78, 5) is 18.6. The Hall–Kier alpha value is -2.69. The molecule has 1 aliphatic heterocycles. The summed E-state index contributed by atoms with van der Waals surface area (Å²) in [5.41, 5.74) is 4.48. The molecule has 158 valence electrons. The monoisotopic (exact) mass is 452 g/mol. The van der Waals surface area contributed by atoms with Crippen LogP contribution in [0.4, 0.5) is 4.79 Å². The summed E-state index contributed by atoms with van der Waals surface area (Å²) in [5.74, 6) is 0.472. The van der Waals surface area contributed by atoms with Crippen molar-refractivity contribution in [2.75, 3.05) is 6.54 Å². The van der Waals surface area contributed by atoms with Crippen LogP contribution in [-0.2, 0) is 6.42 Å². The third-order valence-corrected chi connectivity index (χ3v) is 6.49. The Morgan fingerprint density at radius 3 is 2.61 bits per heavy atom. The van der Waals surface area contributed by atoms with Crippen LogP contribution in [0.3, 0.4) is 0 Å². The van der Waals surface area contributed by atoms with Gasteiger partial charge in [0.2, 0.25) is 0 Å². The number of nitrogens with zero attached hydrogens (tertiary/aromatic N) is 1. The fourth-order valence-electron chi connectivity index (χ4n) is 4.40. The standard InChI is InChI=1S/C25H22Cl2N2O2/c1-15-2-4-16(5-3-15)24-23-20(21-14-18(27)8-11-22(21)28-23)12-13-29(24)25(30)31-19-9-6-17(26)7-10-19/h2-7,9-11,14,18,24,28H,8,12-13H2,1H3. The molecule has 0 saturated carbocycles. The first-order valence-electron chi connectivity index (χ1n) is 10.4. The lowest BCUT2D eigenvalue weighted by Gasteiger charge is -2.35. The van der Waals surface area contributed by atoms with E-state index in [1.807, 2.05) is 0 Å². The molecule has 1 N–H and O–H groups in total. The molecular weight excluding hydrogens is 431 g/mol. The number of amides is 1. The van der Waals surface area contributed by atoms with Gasteiger partial charge in [-0.2, -0.15) is 0 Å².